The number of benzene rings is 1. The predicted octanol–water partition coefficient (Wildman–Crippen LogP) is 2.59. The molecule has 0 fully saturated rings. The van der Waals surface area contributed by atoms with Gasteiger partial charge in [-0.15, -0.1) is 0 Å². The first kappa shape index (κ1) is 16.0. The Balaban J connectivity index is 2.53. The largest absolute Gasteiger partial charge is 0.496 e. The third-order valence-electron chi connectivity index (χ3n) is 2.23. The lowest BCUT2D eigenvalue weighted by atomic mass is 10.2. The quantitative estimate of drug-likeness (QED) is 0.475. The molecule has 0 aliphatic rings. The second kappa shape index (κ2) is 6.94. The number of hydrogen-bond donors (Lipinski definition) is 1. The van der Waals surface area contributed by atoms with Crippen molar-refractivity contribution in [1.29, 1.82) is 0 Å². The number of halogens is 3. The number of methoxy groups -OCH3 is 1. The lowest BCUT2D eigenvalue weighted by Crippen LogP contribution is -2.20. The molecule has 0 amide bonds. The van der Waals surface area contributed by atoms with E-state index in [0.717, 1.165) is 0 Å². The summed E-state index contributed by atoms with van der Waals surface area (Å²) >= 11 is 0. The van der Waals surface area contributed by atoms with Gasteiger partial charge in [0.15, 0.2) is 0 Å². The Morgan fingerprint density at radius 1 is 1.40 bits per heavy atom. The summed E-state index contributed by atoms with van der Waals surface area (Å²) in [6.07, 6.45) is -4.38. The van der Waals surface area contributed by atoms with Crippen molar-refractivity contribution in [1.82, 2.24) is 0 Å². The standard InChI is InChI=1S/C11H13F3N2O4/c1-19-8-2-3-9(10(6-8)16(17)18)15-4-5-20-7-11(12,13)14/h2-3,6,15H,4-5,7H2,1H3. The van der Waals surface area contributed by atoms with Crippen LogP contribution in [-0.2, 0) is 4.74 Å². The molecule has 0 bridgehead atoms. The highest BCUT2D eigenvalue weighted by atomic mass is 19.4. The molecule has 0 saturated heterocycles. The van der Waals surface area contributed by atoms with Crippen LogP contribution in [0.2, 0.25) is 0 Å². The molecule has 0 aromatic heterocycles. The smallest absolute Gasteiger partial charge is 0.411 e. The monoisotopic (exact) mass is 294 g/mol. The van der Waals surface area contributed by atoms with E-state index in [-0.39, 0.29) is 24.5 Å². The molecule has 6 nitrogen and oxygen atoms in total. The van der Waals surface area contributed by atoms with Crippen molar-refractivity contribution in [3.8, 4) is 5.75 Å². The van der Waals surface area contributed by atoms with E-state index < -0.39 is 17.7 Å². The first-order chi connectivity index (χ1) is 9.33. The molecule has 9 heteroatoms. The van der Waals surface area contributed by atoms with Crippen molar-refractivity contribution >= 4 is 11.4 Å². The molecule has 1 rings (SSSR count). The minimum atomic E-state index is -4.38. The Morgan fingerprint density at radius 3 is 2.65 bits per heavy atom. The normalized spacial score (nSPS) is 11.2. The molecule has 0 saturated carbocycles. The van der Waals surface area contributed by atoms with E-state index >= 15 is 0 Å². The second-order valence-electron chi connectivity index (χ2n) is 3.73. The lowest BCUT2D eigenvalue weighted by Gasteiger charge is -2.10. The Kier molecular flexibility index (Phi) is 5.56. The average Bonchev–Trinajstić information content (AvgIpc) is 2.37. The highest BCUT2D eigenvalue weighted by Gasteiger charge is 2.27. The zero-order valence-corrected chi connectivity index (χ0v) is 10.6. The number of anilines is 1. The summed E-state index contributed by atoms with van der Waals surface area (Å²) < 4.78 is 44.7. The average molecular weight is 294 g/mol. The van der Waals surface area contributed by atoms with Crippen molar-refractivity contribution < 1.29 is 27.6 Å². The molecule has 0 unspecified atom stereocenters. The van der Waals surface area contributed by atoms with Crippen LogP contribution in [0.3, 0.4) is 0 Å². The summed E-state index contributed by atoms with van der Waals surface area (Å²) in [5.41, 5.74) is -0.0356. The third kappa shape index (κ3) is 5.31. The topological polar surface area (TPSA) is 73.6 Å². The SMILES string of the molecule is COc1ccc(NCCOCC(F)(F)F)c([N+](=O)[O-])c1. The molecule has 0 heterocycles. The van der Waals surface area contributed by atoms with E-state index in [1.807, 2.05) is 0 Å². The number of hydrogen-bond acceptors (Lipinski definition) is 5. The van der Waals surface area contributed by atoms with E-state index in [9.17, 15) is 23.3 Å². The third-order valence-corrected chi connectivity index (χ3v) is 2.23. The molecule has 1 aromatic rings. The molecular formula is C11H13F3N2O4. The number of ether oxygens (including phenoxy) is 2. The fraction of sp³-hybridized carbons (Fsp3) is 0.455. The van der Waals surface area contributed by atoms with Crippen LogP contribution in [0.15, 0.2) is 18.2 Å². The van der Waals surface area contributed by atoms with Crippen LogP contribution in [0.5, 0.6) is 5.75 Å². The number of nitrogens with one attached hydrogen (secondary N) is 1. The van der Waals surface area contributed by atoms with Crippen molar-refractivity contribution in [3.05, 3.63) is 28.3 Å². The summed E-state index contributed by atoms with van der Waals surface area (Å²) in [4.78, 5) is 10.2. The number of alkyl halides is 3. The van der Waals surface area contributed by atoms with E-state index in [0.29, 0.717) is 5.75 Å². The maximum atomic E-state index is 11.8. The van der Waals surface area contributed by atoms with E-state index in [1.54, 1.807) is 0 Å². The van der Waals surface area contributed by atoms with Crippen LogP contribution in [0.1, 0.15) is 0 Å². The molecular weight excluding hydrogens is 281 g/mol. The van der Waals surface area contributed by atoms with E-state index in [4.69, 9.17) is 4.74 Å². The molecule has 20 heavy (non-hydrogen) atoms. The maximum absolute atomic E-state index is 11.8. The van der Waals surface area contributed by atoms with Gasteiger partial charge < -0.3 is 14.8 Å². The van der Waals surface area contributed by atoms with E-state index in [2.05, 4.69) is 10.1 Å². The van der Waals surface area contributed by atoms with Crippen LogP contribution in [0.4, 0.5) is 24.5 Å². The van der Waals surface area contributed by atoms with Gasteiger partial charge >= 0.3 is 6.18 Å². The lowest BCUT2D eigenvalue weighted by molar-refractivity contribution is -0.384. The van der Waals surface area contributed by atoms with Crippen molar-refractivity contribution in [2.75, 3.05) is 32.2 Å². The molecule has 1 aromatic carbocycles. The van der Waals surface area contributed by atoms with Crippen molar-refractivity contribution in [2.24, 2.45) is 0 Å². The number of nitrogens with zero attached hydrogens (tertiary/aromatic N) is 1. The Bertz CT molecular complexity index is 465. The Morgan fingerprint density at radius 2 is 2.10 bits per heavy atom. The van der Waals surface area contributed by atoms with Gasteiger partial charge in [0.05, 0.1) is 24.7 Å². The summed E-state index contributed by atoms with van der Waals surface area (Å²) in [7, 11) is 1.37. The van der Waals surface area contributed by atoms with Gasteiger partial charge in [0, 0.05) is 6.54 Å². The minimum Gasteiger partial charge on any atom is -0.496 e. The summed E-state index contributed by atoms with van der Waals surface area (Å²) in [5.74, 6) is 0.315. The number of rotatable bonds is 7. The summed E-state index contributed by atoms with van der Waals surface area (Å²) in [6, 6.07) is 4.14. The van der Waals surface area contributed by atoms with Crippen LogP contribution in [-0.4, -0.2) is 38.0 Å². The molecule has 0 spiro atoms. The molecule has 0 aliphatic heterocycles. The summed E-state index contributed by atoms with van der Waals surface area (Å²) in [5, 5.41) is 13.5. The van der Waals surface area contributed by atoms with Gasteiger partial charge in [0.1, 0.15) is 18.0 Å². The molecule has 0 radical (unpaired) electrons. The summed E-state index contributed by atoms with van der Waals surface area (Å²) in [6.45, 7) is -1.55. The van der Waals surface area contributed by atoms with Crippen LogP contribution in [0.25, 0.3) is 0 Å². The minimum absolute atomic E-state index is 0.0171. The van der Waals surface area contributed by atoms with Gasteiger partial charge in [0.25, 0.3) is 5.69 Å². The molecule has 0 aliphatic carbocycles. The van der Waals surface area contributed by atoms with Gasteiger partial charge in [-0.25, -0.2) is 0 Å². The molecule has 0 atom stereocenters. The molecule has 1 N–H and O–H groups in total. The fourth-order valence-electron chi connectivity index (χ4n) is 1.38. The van der Waals surface area contributed by atoms with Gasteiger partial charge in [0.2, 0.25) is 0 Å². The maximum Gasteiger partial charge on any atom is 0.411 e. The molecule has 112 valence electrons. The van der Waals surface area contributed by atoms with Gasteiger partial charge in [-0.05, 0) is 12.1 Å². The van der Waals surface area contributed by atoms with Crippen LogP contribution in [0, 0.1) is 10.1 Å². The fourth-order valence-corrected chi connectivity index (χ4v) is 1.38. The van der Waals surface area contributed by atoms with E-state index in [1.165, 1.54) is 25.3 Å². The second-order valence-corrected chi connectivity index (χ2v) is 3.73. The number of nitro groups is 1. The van der Waals surface area contributed by atoms with Gasteiger partial charge in [-0.1, -0.05) is 0 Å². The number of nitro benzene ring substituents is 1. The van der Waals surface area contributed by atoms with Crippen LogP contribution >= 0.6 is 0 Å². The highest BCUT2D eigenvalue weighted by molar-refractivity contribution is 5.63. The van der Waals surface area contributed by atoms with Crippen molar-refractivity contribution in [3.63, 3.8) is 0 Å². The van der Waals surface area contributed by atoms with Gasteiger partial charge in [-0.3, -0.25) is 10.1 Å². The van der Waals surface area contributed by atoms with Crippen LogP contribution < -0.4 is 10.1 Å². The van der Waals surface area contributed by atoms with Gasteiger partial charge in [-0.2, -0.15) is 13.2 Å². The zero-order valence-electron chi connectivity index (χ0n) is 10.6. The van der Waals surface area contributed by atoms with Crippen molar-refractivity contribution in [2.45, 2.75) is 6.18 Å². The predicted molar refractivity (Wildman–Crippen MR) is 65.0 cm³/mol. The first-order valence-corrected chi connectivity index (χ1v) is 5.54. The Labute approximate surface area is 112 Å². The first-order valence-electron chi connectivity index (χ1n) is 5.54. The highest BCUT2D eigenvalue weighted by Crippen LogP contribution is 2.28. The zero-order chi connectivity index (χ0) is 15.2. The Hall–Kier alpha value is -2.03.